The van der Waals surface area contributed by atoms with Gasteiger partial charge in [-0.3, -0.25) is 4.79 Å². The summed E-state index contributed by atoms with van der Waals surface area (Å²) >= 11 is 3.88. The topological polar surface area (TPSA) is 26.3 Å². The zero-order valence-electron chi connectivity index (χ0n) is 17.5. The fourth-order valence-electron chi connectivity index (χ4n) is 2.88. The van der Waals surface area contributed by atoms with E-state index in [0.717, 1.165) is 6.42 Å². The third-order valence-corrected chi connectivity index (χ3v) is 4.65. The normalized spacial score (nSPS) is 10.4. The molecular formula is C20H41NaO2S. The first-order valence-electron chi connectivity index (χ1n) is 10.1. The second-order valence-electron chi connectivity index (χ2n) is 6.68. The third-order valence-electron chi connectivity index (χ3n) is 4.39. The molecule has 0 aromatic heterocycles. The number of carbonyl (C=O) groups is 1. The molecule has 0 radical (unpaired) electrons. The van der Waals surface area contributed by atoms with Crippen LogP contribution in [0.3, 0.4) is 0 Å². The van der Waals surface area contributed by atoms with Gasteiger partial charge >= 0.3 is 35.5 Å². The zero-order chi connectivity index (χ0) is 17.0. The molecule has 0 aromatic carbocycles. The molecule has 0 saturated heterocycles. The molecule has 0 heterocycles. The summed E-state index contributed by atoms with van der Waals surface area (Å²) in [5.41, 5.74) is 0. The quantitative estimate of drug-likeness (QED) is 0.172. The van der Waals surface area contributed by atoms with Crippen LogP contribution in [-0.2, 0) is 9.53 Å². The summed E-state index contributed by atoms with van der Waals surface area (Å²) in [5.74, 6) is -0.00642. The van der Waals surface area contributed by atoms with Gasteiger partial charge in [-0.1, -0.05) is 103 Å². The third kappa shape index (κ3) is 22.8. The number of ether oxygens (including phenoxy) is 1. The molecule has 0 unspecified atom stereocenters. The van der Waals surface area contributed by atoms with E-state index in [9.17, 15) is 4.79 Å². The Morgan fingerprint density at radius 3 is 1.38 bits per heavy atom. The molecule has 24 heavy (non-hydrogen) atoms. The Kier molecular flexibility index (Phi) is 26.8. The van der Waals surface area contributed by atoms with Gasteiger partial charge in [-0.05, 0) is 6.42 Å². The maximum Gasteiger partial charge on any atom is 1.00 e. The largest absolute Gasteiger partial charge is 1.00 e. The summed E-state index contributed by atoms with van der Waals surface area (Å²) in [6.45, 7) is 2.85. The van der Waals surface area contributed by atoms with Crippen molar-refractivity contribution in [3.8, 4) is 0 Å². The van der Waals surface area contributed by atoms with Gasteiger partial charge in [-0.2, -0.15) is 12.6 Å². The van der Waals surface area contributed by atoms with Crippen molar-refractivity contribution in [2.75, 3.05) is 12.4 Å². The van der Waals surface area contributed by atoms with Gasteiger partial charge < -0.3 is 6.16 Å². The molecule has 0 aromatic rings. The molecule has 2 nitrogen and oxygen atoms in total. The number of hydrogen-bond donors (Lipinski definition) is 1. The molecule has 0 N–H and O–H groups in total. The summed E-state index contributed by atoms with van der Waals surface area (Å²) in [5, 5.41) is 0. The second kappa shape index (κ2) is 23.8. The van der Waals surface area contributed by atoms with Crippen LogP contribution in [0.25, 0.3) is 0 Å². The van der Waals surface area contributed by atoms with Gasteiger partial charge in [-0.15, -0.1) is 0 Å². The average Bonchev–Trinajstić information content (AvgIpc) is 2.57. The maximum absolute atomic E-state index is 10.9. The number of carbonyl (C=O) groups excluding carboxylic acids is 1. The van der Waals surface area contributed by atoms with Gasteiger partial charge in [0.15, 0.2) is 0 Å². The van der Waals surface area contributed by atoms with E-state index in [-0.39, 0.29) is 42.7 Å². The van der Waals surface area contributed by atoms with E-state index < -0.39 is 0 Å². The van der Waals surface area contributed by atoms with Crippen molar-refractivity contribution < 1.29 is 40.5 Å². The van der Waals surface area contributed by atoms with Gasteiger partial charge in [0.25, 0.3) is 0 Å². The van der Waals surface area contributed by atoms with Crippen LogP contribution in [0.1, 0.15) is 111 Å². The van der Waals surface area contributed by atoms with Crippen molar-refractivity contribution in [1.29, 1.82) is 0 Å². The van der Waals surface area contributed by atoms with Crippen LogP contribution >= 0.6 is 12.6 Å². The van der Waals surface area contributed by atoms with E-state index in [4.69, 9.17) is 4.74 Å². The molecule has 0 atom stereocenters. The standard InChI is InChI=1S/C20H40O2S.Na.H/c1-2-3-4-5-6-7-8-9-10-11-12-13-14-15-16-17-18-22-20(21)19-23;;/h23H,2-19H2,1H3;;/q;+1;-1. The van der Waals surface area contributed by atoms with Gasteiger partial charge in [0.1, 0.15) is 0 Å². The number of rotatable bonds is 18. The van der Waals surface area contributed by atoms with E-state index in [0.29, 0.717) is 6.61 Å². The SMILES string of the molecule is CCCCCCCCCCCCCCCCCCOC(=O)CS.[H-].[Na+]. The van der Waals surface area contributed by atoms with Gasteiger partial charge in [0.05, 0.1) is 12.4 Å². The fourth-order valence-corrected chi connectivity index (χ4v) is 2.97. The Balaban J connectivity index is -0.00000242. The number of unbranched alkanes of at least 4 members (excludes halogenated alkanes) is 15. The molecule has 0 amide bonds. The Morgan fingerprint density at radius 1 is 0.708 bits per heavy atom. The molecule has 0 fully saturated rings. The molecule has 0 aliphatic rings. The van der Waals surface area contributed by atoms with Crippen LogP contribution in [0.4, 0.5) is 0 Å². The second-order valence-corrected chi connectivity index (χ2v) is 7.00. The number of esters is 1. The Bertz CT molecular complexity index is 256. The van der Waals surface area contributed by atoms with Crippen molar-refractivity contribution in [2.45, 2.75) is 110 Å². The monoisotopic (exact) mass is 368 g/mol. The Labute approximate surface area is 180 Å². The molecule has 4 heteroatoms. The minimum Gasteiger partial charge on any atom is -1.00 e. The Morgan fingerprint density at radius 2 is 1.04 bits per heavy atom. The van der Waals surface area contributed by atoms with Gasteiger partial charge in [0, 0.05) is 0 Å². The van der Waals surface area contributed by atoms with Crippen molar-refractivity contribution in [3.63, 3.8) is 0 Å². The van der Waals surface area contributed by atoms with Crippen LogP contribution in [0, 0.1) is 0 Å². The summed E-state index contributed by atoms with van der Waals surface area (Å²) in [7, 11) is 0. The van der Waals surface area contributed by atoms with E-state index >= 15 is 0 Å². The smallest absolute Gasteiger partial charge is 1.00 e. The van der Waals surface area contributed by atoms with Crippen molar-refractivity contribution in [1.82, 2.24) is 0 Å². The van der Waals surface area contributed by atoms with E-state index in [2.05, 4.69) is 19.6 Å². The van der Waals surface area contributed by atoms with Gasteiger partial charge in [0.2, 0.25) is 0 Å². The molecule has 0 saturated carbocycles. The zero-order valence-corrected chi connectivity index (χ0v) is 19.4. The van der Waals surface area contributed by atoms with Crippen LogP contribution in [0.2, 0.25) is 0 Å². The van der Waals surface area contributed by atoms with Gasteiger partial charge in [-0.25, -0.2) is 0 Å². The van der Waals surface area contributed by atoms with Crippen LogP contribution < -0.4 is 29.6 Å². The molecule has 0 rings (SSSR count). The maximum atomic E-state index is 10.9. The molecule has 0 aliphatic heterocycles. The predicted molar refractivity (Wildman–Crippen MR) is 105 cm³/mol. The van der Waals surface area contributed by atoms with E-state index in [1.54, 1.807) is 0 Å². The summed E-state index contributed by atoms with van der Waals surface area (Å²) in [4.78, 5) is 10.9. The van der Waals surface area contributed by atoms with Crippen molar-refractivity contribution in [2.24, 2.45) is 0 Å². The summed E-state index contributed by atoms with van der Waals surface area (Å²) in [6.07, 6.45) is 21.8. The van der Waals surface area contributed by atoms with Crippen molar-refractivity contribution in [3.05, 3.63) is 0 Å². The molecule has 140 valence electrons. The first-order valence-corrected chi connectivity index (χ1v) is 10.7. The first-order chi connectivity index (χ1) is 11.3. The number of thiol groups is 1. The molecular weight excluding hydrogens is 327 g/mol. The van der Waals surface area contributed by atoms with Crippen LogP contribution in [-0.4, -0.2) is 18.3 Å². The Hall–Kier alpha value is 0.820. The number of hydrogen-bond acceptors (Lipinski definition) is 3. The minimum atomic E-state index is -0.200. The fraction of sp³-hybridized carbons (Fsp3) is 0.950. The van der Waals surface area contributed by atoms with Crippen molar-refractivity contribution >= 4 is 18.6 Å². The predicted octanol–water partition coefficient (Wildman–Crippen LogP) is 3.84. The molecule has 0 bridgehead atoms. The summed E-state index contributed by atoms with van der Waals surface area (Å²) in [6, 6.07) is 0. The first kappa shape index (κ1) is 27.0. The molecule has 0 aliphatic carbocycles. The average molecular weight is 369 g/mol. The van der Waals surface area contributed by atoms with Crippen LogP contribution in [0.15, 0.2) is 0 Å². The van der Waals surface area contributed by atoms with Crippen LogP contribution in [0.5, 0.6) is 0 Å². The van der Waals surface area contributed by atoms with E-state index in [1.165, 1.54) is 96.3 Å². The van der Waals surface area contributed by atoms with E-state index in [1.807, 2.05) is 0 Å². The minimum absolute atomic E-state index is 0. The molecule has 0 spiro atoms. The summed E-state index contributed by atoms with van der Waals surface area (Å²) < 4.78 is 4.99.